The van der Waals surface area contributed by atoms with Gasteiger partial charge in [-0.15, -0.1) is 21.5 Å². The van der Waals surface area contributed by atoms with Crippen molar-refractivity contribution in [1.82, 2.24) is 10.2 Å². The van der Waals surface area contributed by atoms with E-state index in [4.69, 9.17) is 0 Å². The molecule has 0 spiro atoms. The molecule has 0 unspecified atom stereocenters. The minimum absolute atomic E-state index is 0.0689. The summed E-state index contributed by atoms with van der Waals surface area (Å²) in [4.78, 5) is 22.7. The Labute approximate surface area is 151 Å². The molecule has 0 radical (unpaired) electrons. The topological polar surface area (TPSA) is 98.0 Å². The summed E-state index contributed by atoms with van der Waals surface area (Å²) in [5, 5.41) is 23.9. The zero-order valence-electron chi connectivity index (χ0n) is 12.8. The maximum Gasteiger partial charge on any atom is 0.269 e. The van der Waals surface area contributed by atoms with Crippen LogP contribution >= 0.6 is 23.1 Å². The number of rotatable bonds is 6. The number of non-ortho nitro benzene ring substituents is 1. The van der Waals surface area contributed by atoms with Crippen molar-refractivity contribution in [3.8, 4) is 0 Å². The van der Waals surface area contributed by atoms with E-state index in [0.29, 0.717) is 21.5 Å². The molecule has 0 atom stereocenters. The second-order valence-corrected chi connectivity index (χ2v) is 6.84. The van der Waals surface area contributed by atoms with Crippen LogP contribution in [0, 0.1) is 10.1 Å². The van der Waals surface area contributed by atoms with Crippen LogP contribution in [0.4, 0.5) is 11.5 Å². The minimum atomic E-state index is -0.425. The Morgan fingerprint density at radius 1 is 1.16 bits per heavy atom. The Hall–Kier alpha value is -2.78. The van der Waals surface area contributed by atoms with E-state index < -0.39 is 4.92 Å². The maximum atomic E-state index is 11.9. The molecule has 0 aliphatic carbocycles. The van der Waals surface area contributed by atoms with Gasteiger partial charge in [0.2, 0.25) is 0 Å². The molecule has 3 rings (SSSR count). The molecule has 25 heavy (non-hydrogen) atoms. The number of nitro groups is 1. The number of benzene rings is 1. The summed E-state index contributed by atoms with van der Waals surface area (Å²) >= 11 is 2.81. The normalized spacial score (nSPS) is 10.4. The van der Waals surface area contributed by atoms with Crippen molar-refractivity contribution in [1.29, 1.82) is 0 Å². The summed E-state index contributed by atoms with van der Waals surface area (Å²) in [5.74, 6) is 0.793. The molecule has 2 aromatic heterocycles. The summed E-state index contributed by atoms with van der Waals surface area (Å²) in [7, 11) is 0. The molecule has 0 saturated carbocycles. The number of amides is 1. The average Bonchev–Trinajstić information content (AvgIpc) is 3.16. The van der Waals surface area contributed by atoms with Crippen LogP contribution in [0.3, 0.4) is 0 Å². The van der Waals surface area contributed by atoms with Gasteiger partial charge in [0.05, 0.1) is 9.80 Å². The van der Waals surface area contributed by atoms with Crippen molar-refractivity contribution < 1.29 is 9.72 Å². The van der Waals surface area contributed by atoms with Gasteiger partial charge in [-0.1, -0.05) is 30.0 Å². The van der Waals surface area contributed by atoms with E-state index in [1.807, 2.05) is 11.4 Å². The zero-order chi connectivity index (χ0) is 17.6. The molecular formula is C16H12N4O3S2. The Balaban J connectivity index is 1.55. The third kappa shape index (κ3) is 4.61. The van der Waals surface area contributed by atoms with Gasteiger partial charge in [-0.3, -0.25) is 14.9 Å². The highest BCUT2D eigenvalue weighted by molar-refractivity contribution is 7.98. The number of nitro benzene ring substituents is 1. The second kappa shape index (κ2) is 7.86. The van der Waals surface area contributed by atoms with Crippen LogP contribution in [0.5, 0.6) is 0 Å². The van der Waals surface area contributed by atoms with Gasteiger partial charge >= 0.3 is 0 Å². The molecule has 0 fully saturated rings. The Kier molecular flexibility index (Phi) is 5.36. The van der Waals surface area contributed by atoms with Crippen LogP contribution in [0.15, 0.2) is 58.9 Å². The van der Waals surface area contributed by atoms with Gasteiger partial charge < -0.3 is 5.32 Å². The highest BCUT2D eigenvalue weighted by Crippen LogP contribution is 2.22. The van der Waals surface area contributed by atoms with Gasteiger partial charge in [0.15, 0.2) is 5.82 Å². The van der Waals surface area contributed by atoms with Gasteiger partial charge in [-0.2, -0.15) is 0 Å². The van der Waals surface area contributed by atoms with Crippen molar-refractivity contribution >= 4 is 40.5 Å². The standard InChI is InChI=1S/C16H12N4O3S2/c21-16(13-2-1-9-24-13)17-14-7-8-15(19-18-14)25-10-11-3-5-12(6-4-11)20(22)23/h1-9H,10H2,(H,17,18,21). The van der Waals surface area contributed by atoms with Gasteiger partial charge in [0, 0.05) is 17.9 Å². The van der Waals surface area contributed by atoms with Gasteiger partial charge in [0.1, 0.15) is 5.03 Å². The van der Waals surface area contributed by atoms with Crippen LogP contribution in [0.1, 0.15) is 15.2 Å². The van der Waals surface area contributed by atoms with Crippen LogP contribution in [-0.4, -0.2) is 21.0 Å². The summed E-state index contributed by atoms with van der Waals surface area (Å²) in [6.45, 7) is 0. The number of nitrogens with one attached hydrogen (secondary N) is 1. The predicted octanol–water partition coefficient (Wildman–Crippen LogP) is 3.99. The fraction of sp³-hybridized carbons (Fsp3) is 0.0625. The van der Waals surface area contributed by atoms with E-state index in [9.17, 15) is 14.9 Å². The number of aromatic nitrogens is 2. The lowest BCUT2D eigenvalue weighted by Gasteiger charge is -2.04. The number of carbonyl (C=O) groups excluding carboxylic acids is 1. The van der Waals surface area contributed by atoms with E-state index in [-0.39, 0.29) is 11.6 Å². The number of hydrogen-bond donors (Lipinski definition) is 1. The molecule has 0 aliphatic rings. The smallest absolute Gasteiger partial charge is 0.269 e. The first-order chi connectivity index (χ1) is 12.1. The number of thioether (sulfide) groups is 1. The third-order valence-electron chi connectivity index (χ3n) is 3.16. The predicted molar refractivity (Wildman–Crippen MR) is 97.0 cm³/mol. The molecular weight excluding hydrogens is 360 g/mol. The van der Waals surface area contributed by atoms with Crippen molar-refractivity contribution in [3.05, 3.63) is 74.5 Å². The molecule has 1 N–H and O–H groups in total. The summed E-state index contributed by atoms with van der Waals surface area (Å²) in [5.41, 5.74) is 1.02. The van der Waals surface area contributed by atoms with Gasteiger partial charge in [-0.25, -0.2) is 0 Å². The second-order valence-electron chi connectivity index (χ2n) is 4.90. The SMILES string of the molecule is O=C(Nc1ccc(SCc2ccc([N+](=O)[O-])cc2)nn1)c1cccs1. The number of thiophene rings is 1. The largest absolute Gasteiger partial charge is 0.304 e. The molecule has 1 aromatic carbocycles. The highest BCUT2D eigenvalue weighted by Gasteiger charge is 2.08. The summed E-state index contributed by atoms with van der Waals surface area (Å²) in [6, 6.07) is 13.4. The molecule has 0 saturated heterocycles. The molecule has 0 aliphatic heterocycles. The lowest BCUT2D eigenvalue weighted by Crippen LogP contribution is -2.11. The Morgan fingerprint density at radius 3 is 2.56 bits per heavy atom. The molecule has 0 bridgehead atoms. The van der Waals surface area contributed by atoms with Crippen LogP contribution in [-0.2, 0) is 5.75 Å². The van der Waals surface area contributed by atoms with Crippen molar-refractivity contribution in [2.75, 3.05) is 5.32 Å². The summed E-state index contributed by atoms with van der Waals surface area (Å²) in [6.07, 6.45) is 0. The van der Waals surface area contributed by atoms with Crippen LogP contribution in [0.25, 0.3) is 0 Å². The number of hydrogen-bond acceptors (Lipinski definition) is 7. The first kappa shape index (κ1) is 17.1. The number of nitrogens with zero attached hydrogens (tertiary/aromatic N) is 3. The number of anilines is 1. The van der Waals surface area contributed by atoms with E-state index >= 15 is 0 Å². The Morgan fingerprint density at radius 2 is 1.96 bits per heavy atom. The maximum absolute atomic E-state index is 11.9. The van der Waals surface area contributed by atoms with Crippen molar-refractivity contribution in [2.24, 2.45) is 0 Å². The average molecular weight is 372 g/mol. The van der Waals surface area contributed by atoms with Gasteiger partial charge in [-0.05, 0) is 29.1 Å². The van der Waals surface area contributed by atoms with E-state index in [1.54, 1.807) is 30.3 Å². The monoisotopic (exact) mass is 372 g/mol. The van der Waals surface area contributed by atoms with Crippen LogP contribution in [0.2, 0.25) is 0 Å². The quantitative estimate of drug-likeness (QED) is 0.399. The van der Waals surface area contributed by atoms with Crippen molar-refractivity contribution in [3.63, 3.8) is 0 Å². The van der Waals surface area contributed by atoms with Crippen molar-refractivity contribution in [2.45, 2.75) is 10.8 Å². The fourth-order valence-corrected chi connectivity index (χ4v) is 3.31. The lowest BCUT2D eigenvalue weighted by atomic mass is 10.2. The molecule has 3 aromatic rings. The molecule has 9 heteroatoms. The molecule has 1 amide bonds. The lowest BCUT2D eigenvalue weighted by molar-refractivity contribution is -0.384. The fourth-order valence-electron chi connectivity index (χ4n) is 1.92. The van der Waals surface area contributed by atoms with E-state index in [1.165, 1.54) is 35.2 Å². The van der Waals surface area contributed by atoms with E-state index in [0.717, 1.165) is 5.56 Å². The summed E-state index contributed by atoms with van der Waals surface area (Å²) < 4.78 is 0. The van der Waals surface area contributed by atoms with E-state index in [2.05, 4.69) is 15.5 Å². The molecule has 126 valence electrons. The molecule has 2 heterocycles. The first-order valence-electron chi connectivity index (χ1n) is 7.16. The number of carbonyl (C=O) groups is 1. The Bertz CT molecular complexity index is 865. The third-order valence-corrected chi connectivity index (χ3v) is 5.02. The minimum Gasteiger partial charge on any atom is -0.304 e. The van der Waals surface area contributed by atoms with Gasteiger partial charge in [0.25, 0.3) is 11.6 Å². The molecule has 7 nitrogen and oxygen atoms in total. The van der Waals surface area contributed by atoms with Crippen LogP contribution < -0.4 is 5.32 Å². The first-order valence-corrected chi connectivity index (χ1v) is 9.03. The zero-order valence-corrected chi connectivity index (χ0v) is 14.4. The highest BCUT2D eigenvalue weighted by atomic mass is 32.2.